The molecular formula is C16H33N3O. The van der Waals surface area contributed by atoms with E-state index in [-0.39, 0.29) is 12.1 Å². The van der Waals surface area contributed by atoms with Crippen LogP contribution >= 0.6 is 0 Å². The number of aliphatic hydroxyl groups is 1. The van der Waals surface area contributed by atoms with E-state index in [1.165, 1.54) is 45.4 Å². The predicted molar refractivity (Wildman–Crippen MR) is 84.0 cm³/mol. The van der Waals surface area contributed by atoms with Crippen molar-refractivity contribution in [1.82, 2.24) is 15.1 Å². The molecule has 2 rings (SSSR count). The molecule has 0 saturated carbocycles. The van der Waals surface area contributed by atoms with Crippen LogP contribution in [0.2, 0.25) is 0 Å². The molecule has 0 aromatic carbocycles. The van der Waals surface area contributed by atoms with Crippen molar-refractivity contribution in [3.05, 3.63) is 0 Å². The van der Waals surface area contributed by atoms with Gasteiger partial charge in [-0.1, -0.05) is 6.92 Å². The van der Waals surface area contributed by atoms with Crippen molar-refractivity contribution in [3.8, 4) is 0 Å². The van der Waals surface area contributed by atoms with Gasteiger partial charge >= 0.3 is 0 Å². The number of likely N-dealkylation sites (N-methyl/N-ethyl adjacent to an activating group) is 1. The molecule has 3 unspecified atom stereocenters. The molecule has 3 atom stereocenters. The second-order valence-corrected chi connectivity index (χ2v) is 6.98. The Morgan fingerprint density at radius 2 is 2.05 bits per heavy atom. The summed E-state index contributed by atoms with van der Waals surface area (Å²) < 4.78 is 0. The van der Waals surface area contributed by atoms with Crippen LogP contribution in [0, 0.1) is 0 Å². The summed E-state index contributed by atoms with van der Waals surface area (Å²) in [5.74, 6) is 0. The topological polar surface area (TPSA) is 38.7 Å². The first kappa shape index (κ1) is 16.2. The molecule has 0 bridgehead atoms. The lowest BCUT2D eigenvalue weighted by atomic mass is 9.93. The molecule has 4 nitrogen and oxygen atoms in total. The Kier molecular flexibility index (Phi) is 5.84. The van der Waals surface area contributed by atoms with Gasteiger partial charge in [0.25, 0.3) is 0 Å². The SMILES string of the molecule is CCNC(C)(CO)CC(C)N1CCCN2CCCC2C1. The van der Waals surface area contributed by atoms with Gasteiger partial charge in [-0.05, 0) is 65.7 Å². The van der Waals surface area contributed by atoms with Gasteiger partial charge < -0.3 is 10.4 Å². The Morgan fingerprint density at radius 1 is 1.30 bits per heavy atom. The third kappa shape index (κ3) is 3.94. The first-order chi connectivity index (χ1) is 9.58. The Hall–Kier alpha value is -0.160. The zero-order chi connectivity index (χ0) is 14.6. The normalized spacial score (nSPS) is 29.7. The van der Waals surface area contributed by atoms with Gasteiger partial charge in [-0.25, -0.2) is 0 Å². The average molecular weight is 283 g/mol. The summed E-state index contributed by atoms with van der Waals surface area (Å²) in [6.45, 7) is 12.7. The molecule has 118 valence electrons. The minimum Gasteiger partial charge on any atom is -0.394 e. The molecule has 2 fully saturated rings. The largest absolute Gasteiger partial charge is 0.394 e. The van der Waals surface area contributed by atoms with Crippen LogP contribution in [0.3, 0.4) is 0 Å². The maximum absolute atomic E-state index is 9.68. The quantitative estimate of drug-likeness (QED) is 0.771. The van der Waals surface area contributed by atoms with Crippen LogP contribution in [0.1, 0.15) is 46.5 Å². The number of hydrogen-bond acceptors (Lipinski definition) is 4. The molecule has 0 aliphatic carbocycles. The highest BCUT2D eigenvalue weighted by Gasteiger charge is 2.33. The minimum atomic E-state index is -0.143. The Balaban J connectivity index is 1.92. The van der Waals surface area contributed by atoms with Crippen molar-refractivity contribution in [2.75, 3.05) is 39.3 Å². The molecule has 0 aromatic heterocycles. The molecule has 0 amide bonds. The predicted octanol–water partition coefficient (Wildman–Crippen LogP) is 1.30. The third-order valence-electron chi connectivity index (χ3n) is 5.16. The minimum absolute atomic E-state index is 0.143. The summed E-state index contributed by atoms with van der Waals surface area (Å²) in [5.41, 5.74) is -0.143. The van der Waals surface area contributed by atoms with E-state index in [0.717, 1.165) is 19.0 Å². The molecule has 2 heterocycles. The lowest BCUT2D eigenvalue weighted by molar-refractivity contribution is 0.110. The Labute approximate surface area is 124 Å². The average Bonchev–Trinajstić information content (AvgIpc) is 2.76. The number of hydrogen-bond donors (Lipinski definition) is 2. The zero-order valence-electron chi connectivity index (χ0n) is 13.6. The van der Waals surface area contributed by atoms with Crippen molar-refractivity contribution in [2.45, 2.75) is 64.1 Å². The summed E-state index contributed by atoms with van der Waals surface area (Å²) in [6.07, 6.45) is 5.05. The van der Waals surface area contributed by atoms with Gasteiger partial charge in [-0.15, -0.1) is 0 Å². The maximum atomic E-state index is 9.68. The van der Waals surface area contributed by atoms with Crippen molar-refractivity contribution >= 4 is 0 Å². The Bertz CT molecular complexity index is 299. The van der Waals surface area contributed by atoms with Crippen molar-refractivity contribution in [2.24, 2.45) is 0 Å². The molecule has 2 aliphatic heterocycles. The highest BCUT2D eigenvalue weighted by molar-refractivity contribution is 4.91. The monoisotopic (exact) mass is 283 g/mol. The number of rotatable bonds is 6. The summed E-state index contributed by atoms with van der Waals surface area (Å²) in [7, 11) is 0. The van der Waals surface area contributed by atoms with Gasteiger partial charge in [-0.2, -0.15) is 0 Å². The third-order valence-corrected chi connectivity index (χ3v) is 5.16. The molecule has 2 saturated heterocycles. The fourth-order valence-electron chi connectivity index (χ4n) is 4.04. The number of fused-ring (bicyclic) bond motifs is 1. The van der Waals surface area contributed by atoms with Crippen molar-refractivity contribution < 1.29 is 5.11 Å². The highest BCUT2D eigenvalue weighted by Crippen LogP contribution is 2.24. The Morgan fingerprint density at radius 3 is 2.75 bits per heavy atom. The van der Waals surface area contributed by atoms with Gasteiger partial charge in [0.2, 0.25) is 0 Å². The fourth-order valence-corrected chi connectivity index (χ4v) is 4.04. The van der Waals surface area contributed by atoms with E-state index in [4.69, 9.17) is 0 Å². The van der Waals surface area contributed by atoms with Crippen molar-refractivity contribution in [1.29, 1.82) is 0 Å². The number of nitrogens with one attached hydrogen (secondary N) is 1. The number of aliphatic hydroxyl groups excluding tert-OH is 1. The van der Waals surface area contributed by atoms with Crippen LogP contribution in [-0.4, -0.2) is 71.9 Å². The van der Waals surface area contributed by atoms with E-state index >= 15 is 0 Å². The van der Waals surface area contributed by atoms with E-state index < -0.39 is 0 Å². The van der Waals surface area contributed by atoms with Gasteiger partial charge in [0.05, 0.1) is 6.61 Å². The molecule has 20 heavy (non-hydrogen) atoms. The fraction of sp³-hybridized carbons (Fsp3) is 1.00. The van der Waals surface area contributed by atoms with Crippen LogP contribution in [-0.2, 0) is 0 Å². The van der Waals surface area contributed by atoms with Crippen LogP contribution in [0.15, 0.2) is 0 Å². The van der Waals surface area contributed by atoms with E-state index in [1.807, 2.05) is 0 Å². The van der Waals surface area contributed by atoms with Crippen LogP contribution in [0.4, 0.5) is 0 Å². The van der Waals surface area contributed by atoms with Gasteiger partial charge in [0.15, 0.2) is 0 Å². The van der Waals surface area contributed by atoms with Gasteiger partial charge in [-0.3, -0.25) is 9.80 Å². The van der Waals surface area contributed by atoms with Crippen molar-refractivity contribution in [3.63, 3.8) is 0 Å². The van der Waals surface area contributed by atoms with Gasteiger partial charge in [0.1, 0.15) is 0 Å². The molecule has 0 aromatic rings. The second-order valence-electron chi connectivity index (χ2n) is 6.98. The molecule has 4 heteroatoms. The lowest BCUT2D eigenvalue weighted by Crippen LogP contribution is -2.51. The highest BCUT2D eigenvalue weighted by atomic mass is 16.3. The standard InChI is InChI=1S/C16H33N3O/c1-4-17-16(3,13-20)11-14(2)19-10-6-9-18-8-5-7-15(18)12-19/h14-15,17,20H,4-13H2,1-3H3. The first-order valence-corrected chi connectivity index (χ1v) is 8.42. The maximum Gasteiger partial charge on any atom is 0.0611 e. The second kappa shape index (κ2) is 7.21. The van der Waals surface area contributed by atoms with Crippen LogP contribution in [0.25, 0.3) is 0 Å². The van der Waals surface area contributed by atoms with E-state index in [2.05, 4.69) is 35.9 Å². The van der Waals surface area contributed by atoms with Crippen LogP contribution < -0.4 is 5.32 Å². The molecule has 2 N–H and O–H groups in total. The first-order valence-electron chi connectivity index (χ1n) is 8.42. The van der Waals surface area contributed by atoms with Crippen LogP contribution in [0.5, 0.6) is 0 Å². The van der Waals surface area contributed by atoms with E-state index in [9.17, 15) is 5.11 Å². The van der Waals surface area contributed by atoms with Gasteiger partial charge in [0, 0.05) is 24.2 Å². The summed E-state index contributed by atoms with van der Waals surface area (Å²) >= 11 is 0. The molecular weight excluding hydrogens is 250 g/mol. The molecule has 0 radical (unpaired) electrons. The van der Waals surface area contributed by atoms with E-state index in [1.54, 1.807) is 0 Å². The lowest BCUT2D eigenvalue weighted by Gasteiger charge is -2.37. The smallest absolute Gasteiger partial charge is 0.0611 e. The van der Waals surface area contributed by atoms with E-state index in [0.29, 0.717) is 6.04 Å². The molecule has 0 spiro atoms. The summed E-state index contributed by atoms with van der Waals surface area (Å²) in [5, 5.41) is 13.1. The summed E-state index contributed by atoms with van der Waals surface area (Å²) in [6, 6.07) is 1.31. The zero-order valence-corrected chi connectivity index (χ0v) is 13.6. The molecule has 2 aliphatic rings. The number of nitrogens with zero attached hydrogens (tertiary/aromatic N) is 2. The summed E-state index contributed by atoms with van der Waals surface area (Å²) in [4.78, 5) is 5.34.